The summed E-state index contributed by atoms with van der Waals surface area (Å²) in [7, 11) is 0. The van der Waals surface area contributed by atoms with Gasteiger partial charge in [-0.05, 0) is 24.6 Å². The van der Waals surface area contributed by atoms with Crippen LogP contribution in [-0.4, -0.2) is 24.4 Å². The molecule has 1 aromatic heterocycles. The predicted molar refractivity (Wildman–Crippen MR) is 55.6 cm³/mol. The smallest absolute Gasteiger partial charge is 0.153 e. The lowest BCUT2D eigenvalue weighted by Crippen LogP contribution is -2.30. The number of rotatable bonds is 2. The summed E-state index contributed by atoms with van der Waals surface area (Å²) in [5.74, 6) is 0.402. The van der Waals surface area contributed by atoms with Crippen LogP contribution in [0.2, 0.25) is 0 Å². The van der Waals surface area contributed by atoms with Gasteiger partial charge in [-0.15, -0.1) is 0 Å². The number of halogens is 1. The summed E-state index contributed by atoms with van der Waals surface area (Å²) in [6.07, 6.45) is 4.58. The van der Waals surface area contributed by atoms with Crippen molar-refractivity contribution in [1.82, 2.24) is 4.98 Å². The van der Waals surface area contributed by atoms with Crippen LogP contribution in [0.15, 0.2) is 30.2 Å². The molecule has 0 bridgehead atoms. The Kier molecular flexibility index (Phi) is 2.76. The van der Waals surface area contributed by atoms with E-state index in [2.05, 4.69) is 4.98 Å². The van der Waals surface area contributed by atoms with Gasteiger partial charge in [0, 0.05) is 12.7 Å². The average Bonchev–Trinajstić information content (AvgIpc) is 2.29. The quantitative estimate of drug-likeness (QED) is 0.693. The maximum Gasteiger partial charge on any atom is 0.153 e. The Hall–Kier alpha value is -1.71. The molecular formula is C11H11FN2O. The Bertz CT molecular complexity index is 403. The van der Waals surface area contributed by atoms with Crippen LogP contribution in [0.5, 0.6) is 0 Å². The molecule has 0 aliphatic carbocycles. The Balaban J connectivity index is 2.29. The van der Waals surface area contributed by atoms with Gasteiger partial charge in [-0.25, -0.2) is 9.37 Å². The van der Waals surface area contributed by atoms with E-state index in [1.54, 1.807) is 29.3 Å². The van der Waals surface area contributed by atoms with Crippen molar-refractivity contribution in [1.29, 1.82) is 0 Å². The molecule has 0 saturated heterocycles. The molecule has 0 unspecified atom stereocenters. The number of carbonyl (C=O) groups is 1. The third kappa shape index (κ3) is 2.03. The van der Waals surface area contributed by atoms with Crippen molar-refractivity contribution >= 4 is 12.1 Å². The lowest BCUT2D eigenvalue weighted by atomic mass is 10.2. The van der Waals surface area contributed by atoms with Crippen LogP contribution in [0, 0.1) is 0 Å². The summed E-state index contributed by atoms with van der Waals surface area (Å²) in [4.78, 5) is 16.7. The summed E-state index contributed by atoms with van der Waals surface area (Å²) in [5.41, 5.74) is 0.507. The second kappa shape index (κ2) is 4.21. The first-order chi connectivity index (χ1) is 7.31. The normalized spacial score (nSPS) is 16.1. The molecule has 1 aliphatic heterocycles. The fourth-order valence-electron chi connectivity index (χ4n) is 1.65. The maximum absolute atomic E-state index is 13.1. The fourth-order valence-corrected chi connectivity index (χ4v) is 1.65. The number of hydrogen-bond acceptors (Lipinski definition) is 3. The Morgan fingerprint density at radius 1 is 1.53 bits per heavy atom. The topological polar surface area (TPSA) is 33.2 Å². The Labute approximate surface area is 87.2 Å². The van der Waals surface area contributed by atoms with Crippen molar-refractivity contribution in [2.24, 2.45) is 0 Å². The monoisotopic (exact) mass is 206 g/mol. The van der Waals surface area contributed by atoms with E-state index in [0.717, 1.165) is 6.29 Å². The van der Waals surface area contributed by atoms with Gasteiger partial charge < -0.3 is 4.90 Å². The molecule has 4 heteroatoms. The fraction of sp³-hybridized carbons (Fsp3) is 0.273. The number of pyridine rings is 1. The molecule has 78 valence electrons. The number of hydrogen-bond donors (Lipinski definition) is 0. The number of aldehydes is 1. The van der Waals surface area contributed by atoms with Crippen molar-refractivity contribution in [3.63, 3.8) is 0 Å². The zero-order chi connectivity index (χ0) is 10.7. The molecule has 2 heterocycles. The highest BCUT2D eigenvalue weighted by Gasteiger charge is 2.16. The first-order valence-corrected chi connectivity index (χ1v) is 4.81. The van der Waals surface area contributed by atoms with Crippen LogP contribution >= 0.6 is 0 Å². The van der Waals surface area contributed by atoms with Gasteiger partial charge in [0.05, 0.1) is 12.1 Å². The summed E-state index contributed by atoms with van der Waals surface area (Å²) >= 11 is 0. The number of aromatic nitrogens is 1. The van der Waals surface area contributed by atoms with Crippen LogP contribution in [-0.2, 0) is 0 Å². The number of anilines is 1. The average molecular weight is 206 g/mol. The zero-order valence-electron chi connectivity index (χ0n) is 8.19. The van der Waals surface area contributed by atoms with Crippen LogP contribution in [0.1, 0.15) is 16.8 Å². The molecule has 0 atom stereocenters. The molecule has 1 aromatic rings. The molecule has 0 radical (unpaired) electrons. The van der Waals surface area contributed by atoms with Crippen LogP contribution in [0.4, 0.5) is 10.2 Å². The maximum atomic E-state index is 13.1. The zero-order valence-corrected chi connectivity index (χ0v) is 8.19. The van der Waals surface area contributed by atoms with Gasteiger partial charge in [-0.1, -0.05) is 0 Å². The minimum atomic E-state index is -0.163. The minimum Gasteiger partial charge on any atom is -0.349 e. The molecule has 2 rings (SSSR count). The van der Waals surface area contributed by atoms with E-state index in [1.165, 1.54) is 0 Å². The lowest BCUT2D eigenvalue weighted by Gasteiger charge is -2.26. The highest BCUT2D eigenvalue weighted by atomic mass is 19.1. The van der Waals surface area contributed by atoms with Crippen molar-refractivity contribution < 1.29 is 9.18 Å². The highest BCUT2D eigenvalue weighted by Crippen LogP contribution is 2.20. The standard InChI is InChI=1S/C11H11FN2O/c12-10-4-2-6-14(7-10)11-9(8-15)3-1-5-13-11/h1,3-5,8H,2,6-7H2. The van der Waals surface area contributed by atoms with Crippen molar-refractivity contribution in [3.05, 3.63) is 35.8 Å². The van der Waals surface area contributed by atoms with Crippen LogP contribution < -0.4 is 4.90 Å². The van der Waals surface area contributed by atoms with Crippen molar-refractivity contribution in [2.45, 2.75) is 6.42 Å². The second-order valence-electron chi connectivity index (χ2n) is 3.40. The molecule has 15 heavy (non-hydrogen) atoms. The molecular weight excluding hydrogens is 195 g/mol. The van der Waals surface area contributed by atoms with E-state index < -0.39 is 0 Å². The van der Waals surface area contributed by atoms with Gasteiger partial charge in [-0.3, -0.25) is 4.79 Å². The largest absolute Gasteiger partial charge is 0.349 e. The molecule has 0 fully saturated rings. The Morgan fingerprint density at radius 2 is 2.40 bits per heavy atom. The van der Waals surface area contributed by atoms with Gasteiger partial charge in [0.1, 0.15) is 11.6 Å². The number of carbonyl (C=O) groups excluding carboxylic acids is 1. The Morgan fingerprint density at radius 3 is 3.13 bits per heavy atom. The van der Waals surface area contributed by atoms with Crippen molar-refractivity contribution in [3.8, 4) is 0 Å². The van der Waals surface area contributed by atoms with E-state index in [4.69, 9.17) is 0 Å². The first kappa shape index (κ1) is 9.83. The molecule has 3 nitrogen and oxygen atoms in total. The molecule has 0 spiro atoms. The molecule has 0 aromatic carbocycles. The van der Waals surface area contributed by atoms with Gasteiger partial charge in [-0.2, -0.15) is 0 Å². The molecule has 1 aliphatic rings. The third-order valence-corrected chi connectivity index (χ3v) is 2.35. The third-order valence-electron chi connectivity index (χ3n) is 2.35. The van der Waals surface area contributed by atoms with Crippen LogP contribution in [0.25, 0.3) is 0 Å². The summed E-state index contributed by atoms with van der Waals surface area (Å²) in [5, 5.41) is 0. The second-order valence-corrected chi connectivity index (χ2v) is 3.40. The van der Waals surface area contributed by atoms with Crippen LogP contribution in [0.3, 0.4) is 0 Å². The first-order valence-electron chi connectivity index (χ1n) is 4.81. The van der Waals surface area contributed by atoms with E-state index in [-0.39, 0.29) is 12.4 Å². The molecule has 0 N–H and O–H groups in total. The summed E-state index contributed by atoms with van der Waals surface area (Å²) in [6.45, 7) is 0.906. The SMILES string of the molecule is O=Cc1cccnc1N1CCC=C(F)C1. The van der Waals surface area contributed by atoms with Gasteiger partial charge in [0.25, 0.3) is 0 Å². The van der Waals surface area contributed by atoms with Crippen molar-refractivity contribution in [2.75, 3.05) is 18.0 Å². The number of nitrogens with zero attached hydrogens (tertiary/aromatic N) is 2. The lowest BCUT2D eigenvalue weighted by molar-refractivity contribution is 0.112. The predicted octanol–water partition coefficient (Wildman–Crippen LogP) is 1.96. The highest BCUT2D eigenvalue weighted by molar-refractivity contribution is 5.82. The summed E-state index contributed by atoms with van der Waals surface area (Å²) in [6, 6.07) is 3.38. The van der Waals surface area contributed by atoms with E-state index in [9.17, 15) is 9.18 Å². The molecule has 0 amide bonds. The molecule has 0 saturated carbocycles. The van der Waals surface area contributed by atoms with E-state index >= 15 is 0 Å². The summed E-state index contributed by atoms with van der Waals surface area (Å²) < 4.78 is 13.1. The van der Waals surface area contributed by atoms with E-state index in [1.807, 2.05) is 0 Å². The van der Waals surface area contributed by atoms with Gasteiger partial charge in [0.15, 0.2) is 6.29 Å². The van der Waals surface area contributed by atoms with Gasteiger partial charge in [0.2, 0.25) is 0 Å². The van der Waals surface area contributed by atoms with Gasteiger partial charge >= 0.3 is 0 Å². The van der Waals surface area contributed by atoms with E-state index in [0.29, 0.717) is 24.3 Å². The minimum absolute atomic E-state index is 0.163.